The van der Waals surface area contributed by atoms with E-state index in [-0.39, 0.29) is 24.7 Å². The van der Waals surface area contributed by atoms with Gasteiger partial charge in [0.05, 0.1) is 5.69 Å². The number of fused-ring (bicyclic) bond motifs is 1. The van der Waals surface area contributed by atoms with E-state index in [1.54, 1.807) is 4.90 Å². The second-order valence-corrected chi connectivity index (χ2v) is 8.18. The number of carbonyl (C=O) groups excluding carboxylic acids is 2. The molecule has 0 aliphatic carbocycles. The van der Waals surface area contributed by atoms with E-state index in [1.807, 2.05) is 65.0 Å². The van der Waals surface area contributed by atoms with E-state index in [1.165, 1.54) is 0 Å². The van der Waals surface area contributed by atoms with Gasteiger partial charge >= 0.3 is 0 Å². The molecule has 7 nitrogen and oxygen atoms in total. The van der Waals surface area contributed by atoms with Crippen molar-refractivity contribution in [1.29, 1.82) is 0 Å². The summed E-state index contributed by atoms with van der Waals surface area (Å²) in [7, 11) is 1.97. The second kappa shape index (κ2) is 9.39. The quantitative estimate of drug-likeness (QED) is 0.613. The molecule has 0 atom stereocenters. The predicted octanol–water partition coefficient (Wildman–Crippen LogP) is 3.42. The molecule has 2 amide bonds. The van der Waals surface area contributed by atoms with Crippen LogP contribution in [0.25, 0.3) is 11.4 Å². The summed E-state index contributed by atoms with van der Waals surface area (Å²) in [6, 6.07) is 13.5. The average Bonchev–Trinajstić information content (AvgIpc) is 3.38. The molecule has 3 heterocycles. The molecule has 2 aromatic heterocycles. The fourth-order valence-electron chi connectivity index (χ4n) is 3.83. The normalized spacial score (nSPS) is 13.2. The van der Waals surface area contributed by atoms with Gasteiger partial charge in [-0.2, -0.15) is 5.10 Å². The Bertz CT molecular complexity index is 1070. The summed E-state index contributed by atoms with van der Waals surface area (Å²) in [5.74, 6) is 0.639. The Hall–Kier alpha value is -3.06. The Morgan fingerprint density at radius 3 is 2.68 bits per heavy atom. The first-order valence-electron chi connectivity index (χ1n) is 10.5. The van der Waals surface area contributed by atoms with E-state index in [4.69, 9.17) is 11.6 Å². The average molecular weight is 440 g/mol. The molecule has 1 aromatic carbocycles. The zero-order valence-corrected chi connectivity index (χ0v) is 18.3. The third-order valence-electron chi connectivity index (χ3n) is 5.51. The molecule has 0 saturated carbocycles. The van der Waals surface area contributed by atoms with E-state index in [2.05, 4.69) is 10.4 Å². The number of nitrogens with zero attached hydrogens (tertiary/aromatic N) is 4. The van der Waals surface area contributed by atoms with Crippen LogP contribution in [0.15, 0.2) is 48.7 Å². The van der Waals surface area contributed by atoms with Crippen molar-refractivity contribution in [2.45, 2.75) is 32.2 Å². The van der Waals surface area contributed by atoms with Crippen LogP contribution < -0.4 is 10.2 Å². The van der Waals surface area contributed by atoms with Crippen LogP contribution in [0.4, 0.5) is 5.82 Å². The Kier molecular flexibility index (Phi) is 6.42. The summed E-state index contributed by atoms with van der Waals surface area (Å²) in [6.07, 6.45) is 3.90. The van der Waals surface area contributed by atoms with Crippen LogP contribution in [0.5, 0.6) is 0 Å². The Labute approximate surface area is 186 Å². The molecule has 1 aliphatic heterocycles. The van der Waals surface area contributed by atoms with Crippen LogP contribution >= 0.6 is 11.6 Å². The van der Waals surface area contributed by atoms with Gasteiger partial charge in [-0.3, -0.25) is 14.5 Å². The first-order chi connectivity index (χ1) is 15.0. The zero-order valence-electron chi connectivity index (χ0n) is 17.6. The van der Waals surface area contributed by atoms with Gasteiger partial charge < -0.3 is 9.88 Å². The topological polar surface area (TPSA) is 72.2 Å². The van der Waals surface area contributed by atoms with Gasteiger partial charge in [-0.1, -0.05) is 23.7 Å². The highest BCUT2D eigenvalue weighted by Gasteiger charge is 2.25. The number of benzene rings is 1. The number of amides is 2. The van der Waals surface area contributed by atoms with Gasteiger partial charge in [-0.15, -0.1) is 0 Å². The smallest absolute Gasteiger partial charge is 0.228 e. The maximum atomic E-state index is 12.8. The minimum atomic E-state index is -0.114. The molecule has 0 radical (unpaired) electrons. The second-order valence-electron chi connectivity index (χ2n) is 7.74. The lowest BCUT2D eigenvalue weighted by atomic mass is 10.1. The van der Waals surface area contributed by atoms with Crippen LogP contribution in [-0.4, -0.2) is 39.3 Å². The molecule has 0 fully saturated rings. The molecule has 0 saturated heterocycles. The number of hydrogen-bond acceptors (Lipinski definition) is 3. The predicted molar refractivity (Wildman–Crippen MR) is 121 cm³/mol. The molecule has 0 unspecified atom stereocenters. The SMILES string of the molecule is Cn1cccc1-c1cc2n(n1)CCCN2C(=O)CCC(=O)NCCc1ccc(Cl)cc1. The maximum absolute atomic E-state index is 12.8. The van der Waals surface area contributed by atoms with E-state index >= 15 is 0 Å². The number of rotatable bonds is 7. The van der Waals surface area contributed by atoms with Gasteiger partial charge in [-0.05, 0) is 42.7 Å². The molecule has 1 aliphatic rings. The van der Waals surface area contributed by atoms with Crippen LogP contribution in [0.1, 0.15) is 24.8 Å². The Morgan fingerprint density at radius 1 is 1.13 bits per heavy atom. The monoisotopic (exact) mass is 439 g/mol. The highest BCUT2D eigenvalue weighted by molar-refractivity contribution is 6.30. The molecule has 3 aromatic rings. The van der Waals surface area contributed by atoms with Gasteiger partial charge in [0.2, 0.25) is 11.8 Å². The minimum Gasteiger partial charge on any atom is -0.356 e. The van der Waals surface area contributed by atoms with Crippen molar-refractivity contribution in [1.82, 2.24) is 19.7 Å². The number of aryl methyl sites for hydroxylation is 2. The molecular weight excluding hydrogens is 414 g/mol. The Morgan fingerprint density at radius 2 is 1.94 bits per heavy atom. The first-order valence-corrected chi connectivity index (χ1v) is 10.9. The number of aromatic nitrogens is 3. The summed E-state index contributed by atoms with van der Waals surface area (Å²) in [4.78, 5) is 26.8. The lowest BCUT2D eigenvalue weighted by Crippen LogP contribution is -2.38. The van der Waals surface area contributed by atoms with Crippen LogP contribution in [0.2, 0.25) is 5.02 Å². The van der Waals surface area contributed by atoms with Gasteiger partial charge in [-0.25, -0.2) is 4.68 Å². The number of nitrogens with one attached hydrogen (secondary N) is 1. The van der Waals surface area contributed by atoms with Crippen molar-refractivity contribution in [3.05, 3.63) is 59.2 Å². The van der Waals surface area contributed by atoms with Crippen molar-refractivity contribution >= 4 is 29.2 Å². The van der Waals surface area contributed by atoms with E-state index in [9.17, 15) is 9.59 Å². The number of carbonyl (C=O) groups is 2. The van der Waals surface area contributed by atoms with Gasteiger partial charge in [0, 0.05) is 56.8 Å². The Balaban J connectivity index is 1.30. The van der Waals surface area contributed by atoms with Gasteiger partial charge in [0.1, 0.15) is 11.5 Å². The van der Waals surface area contributed by atoms with Crippen molar-refractivity contribution < 1.29 is 9.59 Å². The summed E-state index contributed by atoms with van der Waals surface area (Å²) >= 11 is 5.88. The fraction of sp³-hybridized carbons (Fsp3) is 0.348. The third-order valence-corrected chi connectivity index (χ3v) is 5.76. The van der Waals surface area contributed by atoms with E-state index < -0.39 is 0 Å². The number of hydrogen-bond donors (Lipinski definition) is 1. The lowest BCUT2D eigenvalue weighted by molar-refractivity contribution is -0.125. The van der Waals surface area contributed by atoms with E-state index in [0.29, 0.717) is 18.1 Å². The first kappa shape index (κ1) is 21.2. The summed E-state index contributed by atoms with van der Waals surface area (Å²) in [5, 5.41) is 8.26. The standard InChI is InChI=1S/C23H26ClN5O2/c1-27-13-2-4-20(27)19-16-22-28(14-3-15-29(22)26-19)23(31)10-9-21(30)25-12-11-17-5-7-18(24)8-6-17/h2,4-8,13,16H,3,9-12,14-15H2,1H3,(H,25,30). The van der Waals surface area contributed by atoms with Crippen LogP contribution in [0, 0.1) is 0 Å². The number of anilines is 1. The molecule has 1 N–H and O–H groups in total. The molecule has 4 rings (SSSR count). The largest absolute Gasteiger partial charge is 0.356 e. The highest BCUT2D eigenvalue weighted by atomic mass is 35.5. The molecule has 162 valence electrons. The molecule has 31 heavy (non-hydrogen) atoms. The zero-order chi connectivity index (χ0) is 21.8. The molecule has 8 heteroatoms. The molecule has 0 bridgehead atoms. The summed E-state index contributed by atoms with van der Waals surface area (Å²) in [5.41, 5.74) is 2.97. The van der Waals surface area contributed by atoms with Crippen LogP contribution in [-0.2, 0) is 29.6 Å². The van der Waals surface area contributed by atoms with Crippen molar-refractivity contribution in [2.75, 3.05) is 18.0 Å². The highest BCUT2D eigenvalue weighted by Crippen LogP contribution is 2.28. The summed E-state index contributed by atoms with van der Waals surface area (Å²) in [6.45, 7) is 1.97. The van der Waals surface area contributed by atoms with Crippen molar-refractivity contribution in [3.63, 3.8) is 0 Å². The molecule has 0 spiro atoms. The van der Waals surface area contributed by atoms with Crippen molar-refractivity contribution in [3.8, 4) is 11.4 Å². The lowest BCUT2D eigenvalue weighted by Gasteiger charge is -2.27. The van der Waals surface area contributed by atoms with E-state index in [0.717, 1.165) is 42.2 Å². The van der Waals surface area contributed by atoms with Gasteiger partial charge in [0.25, 0.3) is 0 Å². The fourth-order valence-corrected chi connectivity index (χ4v) is 3.95. The third kappa shape index (κ3) is 4.99. The van der Waals surface area contributed by atoms with Crippen LogP contribution in [0.3, 0.4) is 0 Å². The maximum Gasteiger partial charge on any atom is 0.228 e. The summed E-state index contributed by atoms with van der Waals surface area (Å²) < 4.78 is 3.89. The van der Waals surface area contributed by atoms with Gasteiger partial charge in [0.15, 0.2) is 0 Å². The van der Waals surface area contributed by atoms with Crippen molar-refractivity contribution in [2.24, 2.45) is 7.05 Å². The minimum absolute atomic E-state index is 0.0490. The molecular formula is C23H26ClN5O2. The number of halogens is 1.